The van der Waals surface area contributed by atoms with Crippen LogP contribution in [0.2, 0.25) is 0 Å². The molecule has 0 aliphatic carbocycles. The summed E-state index contributed by atoms with van der Waals surface area (Å²) in [7, 11) is 0. The maximum absolute atomic E-state index is 5.55. The van der Waals surface area contributed by atoms with E-state index in [0.29, 0.717) is 0 Å². The maximum atomic E-state index is 5.55. The van der Waals surface area contributed by atoms with Crippen molar-refractivity contribution in [3.05, 3.63) is 11.6 Å². The van der Waals surface area contributed by atoms with Gasteiger partial charge in [-0.25, -0.2) is 0 Å². The molecule has 0 saturated carbocycles. The second kappa shape index (κ2) is 3.46. The molecule has 0 spiro atoms. The molecule has 1 aliphatic heterocycles. The van der Waals surface area contributed by atoms with Crippen molar-refractivity contribution in [2.45, 2.75) is 32.7 Å². The molecular formula is C9H16N4. The highest BCUT2D eigenvalue weighted by Crippen LogP contribution is 2.21. The summed E-state index contributed by atoms with van der Waals surface area (Å²) in [6, 6.07) is 0. The van der Waals surface area contributed by atoms with E-state index in [1.165, 1.54) is 6.42 Å². The summed E-state index contributed by atoms with van der Waals surface area (Å²) in [6.45, 7) is 3.87. The SMILES string of the molecule is Cc1nnc2n1CC(CCN)CC2. The lowest BCUT2D eigenvalue weighted by molar-refractivity contribution is 0.345. The molecule has 2 rings (SSSR count). The van der Waals surface area contributed by atoms with Crippen molar-refractivity contribution in [3.63, 3.8) is 0 Å². The molecule has 0 aromatic carbocycles. The van der Waals surface area contributed by atoms with Gasteiger partial charge >= 0.3 is 0 Å². The maximum Gasteiger partial charge on any atom is 0.133 e. The Kier molecular flexibility index (Phi) is 2.31. The Morgan fingerprint density at radius 1 is 1.54 bits per heavy atom. The van der Waals surface area contributed by atoms with Gasteiger partial charge in [0.15, 0.2) is 0 Å². The van der Waals surface area contributed by atoms with Gasteiger partial charge in [0.25, 0.3) is 0 Å². The molecular weight excluding hydrogens is 164 g/mol. The number of fused-ring (bicyclic) bond motifs is 1. The molecule has 1 aromatic rings. The first-order chi connectivity index (χ1) is 6.31. The first-order valence-corrected chi connectivity index (χ1v) is 4.90. The quantitative estimate of drug-likeness (QED) is 0.721. The molecule has 13 heavy (non-hydrogen) atoms. The van der Waals surface area contributed by atoms with Crippen LogP contribution >= 0.6 is 0 Å². The van der Waals surface area contributed by atoms with Crippen LogP contribution < -0.4 is 5.73 Å². The number of hydrogen-bond donors (Lipinski definition) is 1. The van der Waals surface area contributed by atoms with Gasteiger partial charge in [0.1, 0.15) is 11.6 Å². The van der Waals surface area contributed by atoms with Crippen LogP contribution in [0.4, 0.5) is 0 Å². The lowest BCUT2D eigenvalue weighted by Crippen LogP contribution is -2.23. The molecule has 0 amide bonds. The summed E-state index contributed by atoms with van der Waals surface area (Å²) < 4.78 is 2.23. The minimum absolute atomic E-state index is 0.729. The van der Waals surface area contributed by atoms with Gasteiger partial charge in [-0.3, -0.25) is 0 Å². The van der Waals surface area contributed by atoms with Crippen molar-refractivity contribution in [1.82, 2.24) is 14.8 Å². The van der Waals surface area contributed by atoms with Crippen molar-refractivity contribution >= 4 is 0 Å². The zero-order chi connectivity index (χ0) is 9.26. The van der Waals surface area contributed by atoms with E-state index in [0.717, 1.165) is 43.5 Å². The Hall–Kier alpha value is -0.900. The highest BCUT2D eigenvalue weighted by Gasteiger charge is 2.20. The van der Waals surface area contributed by atoms with Gasteiger partial charge < -0.3 is 10.3 Å². The van der Waals surface area contributed by atoms with Gasteiger partial charge in [0.05, 0.1) is 0 Å². The second-order valence-corrected chi connectivity index (χ2v) is 3.76. The van der Waals surface area contributed by atoms with Gasteiger partial charge in [-0.1, -0.05) is 0 Å². The lowest BCUT2D eigenvalue weighted by Gasteiger charge is -2.23. The van der Waals surface area contributed by atoms with Crippen molar-refractivity contribution in [3.8, 4) is 0 Å². The molecule has 1 unspecified atom stereocenters. The van der Waals surface area contributed by atoms with Crippen LogP contribution in [0.25, 0.3) is 0 Å². The van der Waals surface area contributed by atoms with Crippen LogP contribution in [0.1, 0.15) is 24.5 Å². The van der Waals surface area contributed by atoms with Crippen molar-refractivity contribution in [1.29, 1.82) is 0 Å². The van der Waals surface area contributed by atoms with E-state index < -0.39 is 0 Å². The van der Waals surface area contributed by atoms with E-state index in [9.17, 15) is 0 Å². The predicted molar refractivity (Wildman–Crippen MR) is 50.2 cm³/mol. The highest BCUT2D eigenvalue weighted by molar-refractivity contribution is 4.98. The fourth-order valence-electron chi connectivity index (χ4n) is 2.00. The lowest BCUT2D eigenvalue weighted by atomic mass is 9.96. The first-order valence-electron chi connectivity index (χ1n) is 4.90. The van der Waals surface area contributed by atoms with E-state index in [1.54, 1.807) is 0 Å². The Morgan fingerprint density at radius 2 is 2.38 bits per heavy atom. The average molecular weight is 180 g/mol. The fraction of sp³-hybridized carbons (Fsp3) is 0.778. The third-order valence-corrected chi connectivity index (χ3v) is 2.80. The summed E-state index contributed by atoms with van der Waals surface area (Å²) in [5.74, 6) is 2.91. The normalized spacial score (nSPS) is 21.5. The van der Waals surface area contributed by atoms with Crippen LogP contribution in [-0.2, 0) is 13.0 Å². The summed E-state index contributed by atoms with van der Waals surface area (Å²) >= 11 is 0. The Balaban J connectivity index is 2.13. The number of aryl methyl sites for hydroxylation is 2. The molecule has 0 radical (unpaired) electrons. The van der Waals surface area contributed by atoms with E-state index in [1.807, 2.05) is 6.92 Å². The Morgan fingerprint density at radius 3 is 3.15 bits per heavy atom. The number of rotatable bonds is 2. The van der Waals surface area contributed by atoms with E-state index >= 15 is 0 Å². The molecule has 4 heteroatoms. The molecule has 4 nitrogen and oxygen atoms in total. The van der Waals surface area contributed by atoms with Gasteiger partial charge in [-0.05, 0) is 32.2 Å². The van der Waals surface area contributed by atoms with Crippen LogP contribution in [-0.4, -0.2) is 21.3 Å². The summed E-state index contributed by atoms with van der Waals surface area (Å²) in [4.78, 5) is 0. The highest BCUT2D eigenvalue weighted by atomic mass is 15.3. The smallest absolute Gasteiger partial charge is 0.133 e. The second-order valence-electron chi connectivity index (χ2n) is 3.76. The minimum atomic E-state index is 0.729. The van der Waals surface area contributed by atoms with E-state index in [-0.39, 0.29) is 0 Å². The molecule has 2 heterocycles. The molecule has 1 aromatic heterocycles. The van der Waals surface area contributed by atoms with Gasteiger partial charge in [0, 0.05) is 13.0 Å². The minimum Gasteiger partial charge on any atom is -0.330 e. The standard InChI is InChI=1S/C9H16N4/c1-7-11-12-9-3-2-8(4-5-10)6-13(7)9/h8H,2-6,10H2,1H3. The number of nitrogens with zero attached hydrogens (tertiary/aromatic N) is 3. The number of hydrogen-bond acceptors (Lipinski definition) is 3. The molecule has 0 saturated heterocycles. The van der Waals surface area contributed by atoms with E-state index in [4.69, 9.17) is 5.73 Å². The van der Waals surface area contributed by atoms with E-state index in [2.05, 4.69) is 14.8 Å². The predicted octanol–water partition coefficient (Wildman–Crippen LogP) is 0.498. The zero-order valence-electron chi connectivity index (χ0n) is 8.03. The molecule has 1 aliphatic rings. The largest absolute Gasteiger partial charge is 0.330 e. The van der Waals surface area contributed by atoms with Crippen LogP contribution in [0.3, 0.4) is 0 Å². The summed E-state index contributed by atoms with van der Waals surface area (Å²) in [5, 5.41) is 8.21. The number of nitrogens with two attached hydrogens (primary N) is 1. The summed E-state index contributed by atoms with van der Waals surface area (Å²) in [5.41, 5.74) is 5.55. The monoisotopic (exact) mass is 180 g/mol. The third kappa shape index (κ3) is 1.58. The third-order valence-electron chi connectivity index (χ3n) is 2.80. The molecule has 1 atom stereocenters. The van der Waals surface area contributed by atoms with Crippen LogP contribution in [0.15, 0.2) is 0 Å². The van der Waals surface area contributed by atoms with Gasteiger partial charge in [-0.2, -0.15) is 0 Å². The van der Waals surface area contributed by atoms with Crippen molar-refractivity contribution in [2.75, 3.05) is 6.54 Å². The first kappa shape index (κ1) is 8.69. The fourth-order valence-corrected chi connectivity index (χ4v) is 2.00. The van der Waals surface area contributed by atoms with Crippen molar-refractivity contribution < 1.29 is 0 Å². The van der Waals surface area contributed by atoms with Gasteiger partial charge in [-0.15, -0.1) is 10.2 Å². The summed E-state index contributed by atoms with van der Waals surface area (Å²) in [6.07, 6.45) is 3.40. The zero-order valence-corrected chi connectivity index (χ0v) is 8.03. The molecule has 0 fully saturated rings. The molecule has 72 valence electrons. The van der Waals surface area contributed by atoms with Crippen LogP contribution in [0.5, 0.6) is 0 Å². The van der Waals surface area contributed by atoms with Gasteiger partial charge in [0.2, 0.25) is 0 Å². The Labute approximate surface area is 78.1 Å². The molecule has 0 bridgehead atoms. The average Bonchev–Trinajstić information content (AvgIpc) is 2.49. The molecule has 2 N–H and O–H groups in total. The van der Waals surface area contributed by atoms with Crippen LogP contribution in [0, 0.1) is 12.8 Å². The number of aromatic nitrogens is 3. The topological polar surface area (TPSA) is 56.7 Å². The Bertz CT molecular complexity index is 292. The van der Waals surface area contributed by atoms with Crippen molar-refractivity contribution in [2.24, 2.45) is 11.7 Å².